The number of benzene rings is 1. The summed E-state index contributed by atoms with van der Waals surface area (Å²) in [7, 11) is 3.61. The van der Waals surface area contributed by atoms with Crippen molar-refractivity contribution in [3.05, 3.63) is 35.4 Å². The highest BCUT2D eigenvalue weighted by Gasteiger charge is 2.17. The zero-order valence-electron chi connectivity index (χ0n) is 10.1. The molecule has 0 saturated heterocycles. The van der Waals surface area contributed by atoms with E-state index in [1.807, 2.05) is 43.1 Å². The second-order valence-electron chi connectivity index (χ2n) is 3.86. The van der Waals surface area contributed by atoms with E-state index in [-0.39, 0.29) is 6.04 Å². The molecule has 0 bridgehead atoms. The van der Waals surface area contributed by atoms with Crippen LogP contribution in [-0.4, -0.2) is 32.2 Å². The number of ether oxygens (including phenoxy) is 1. The molecule has 0 saturated carbocycles. The molecule has 1 atom stereocenters. The van der Waals surface area contributed by atoms with E-state index in [2.05, 4.69) is 6.07 Å². The van der Waals surface area contributed by atoms with E-state index in [0.717, 1.165) is 17.7 Å². The lowest BCUT2D eigenvalue weighted by molar-refractivity contribution is 0.151. The molecule has 0 heterocycles. The summed E-state index contributed by atoms with van der Waals surface area (Å²) in [5.74, 6) is 0. The molecule has 0 aromatic heterocycles. The van der Waals surface area contributed by atoms with E-state index >= 15 is 0 Å². The van der Waals surface area contributed by atoms with Crippen molar-refractivity contribution >= 4 is 0 Å². The van der Waals surface area contributed by atoms with Crippen molar-refractivity contribution in [2.24, 2.45) is 0 Å². The third kappa shape index (κ3) is 3.06. The van der Waals surface area contributed by atoms with Crippen molar-refractivity contribution in [2.75, 3.05) is 27.3 Å². The molecular weight excluding hydrogens is 200 g/mol. The van der Waals surface area contributed by atoms with Gasteiger partial charge in [-0.2, -0.15) is 5.26 Å². The highest BCUT2D eigenvalue weighted by molar-refractivity contribution is 5.32. The minimum Gasteiger partial charge on any atom is -0.383 e. The first-order valence-electron chi connectivity index (χ1n) is 5.35. The summed E-state index contributed by atoms with van der Waals surface area (Å²) < 4.78 is 5.02. The highest BCUT2D eigenvalue weighted by Crippen LogP contribution is 2.21. The van der Waals surface area contributed by atoms with Gasteiger partial charge in [0.05, 0.1) is 12.7 Å². The van der Waals surface area contributed by atoms with Crippen LogP contribution < -0.4 is 0 Å². The quantitative estimate of drug-likeness (QED) is 0.759. The molecular formula is C13H18N2O. The number of methoxy groups -OCH3 is 1. The van der Waals surface area contributed by atoms with E-state index < -0.39 is 0 Å². The smallest absolute Gasteiger partial charge is 0.123 e. The van der Waals surface area contributed by atoms with Gasteiger partial charge in [0.15, 0.2) is 0 Å². The van der Waals surface area contributed by atoms with Gasteiger partial charge in [-0.05, 0) is 25.1 Å². The zero-order chi connectivity index (χ0) is 12.0. The Morgan fingerprint density at radius 3 is 2.69 bits per heavy atom. The summed E-state index contributed by atoms with van der Waals surface area (Å²) in [6.45, 7) is 3.42. The van der Waals surface area contributed by atoms with Crippen molar-refractivity contribution in [1.82, 2.24) is 4.90 Å². The monoisotopic (exact) mass is 218 g/mol. The summed E-state index contributed by atoms with van der Waals surface area (Å²) in [4.78, 5) is 2.01. The van der Waals surface area contributed by atoms with Crippen LogP contribution in [0.2, 0.25) is 0 Å². The first kappa shape index (κ1) is 12.7. The Labute approximate surface area is 97.3 Å². The average Bonchev–Trinajstić information content (AvgIpc) is 2.30. The predicted octanol–water partition coefficient (Wildman–Crippen LogP) is 2.14. The fourth-order valence-electron chi connectivity index (χ4n) is 1.66. The molecule has 0 aliphatic carbocycles. The molecule has 0 aliphatic heterocycles. The van der Waals surface area contributed by atoms with Crippen molar-refractivity contribution in [1.29, 1.82) is 5.26 Å². The molecule has 1 aromatic carbocycles. The van der Waals surface area contributed by atoms with Crippen LogP contribution in [0.15, 0.2) is 24.3 Å². The molecule has 0 aliphatic rings. The van der Waals surface area contributed by atoms with Gasteiger partial charge in [0, 0.05) is 13.7 Å². The summed E-state index contributed by atoms with van der Waals surface area (Å²) in [6.07, 6.45) is 0. The highest BCUT2D eigenvalue weighted by atomic mass is 16.5. The van der Waals surface area contributed by atoms with Gasteiger partial charge in [-0.3, -0.25) is 4.90 Å². The van der Waals surface area contributed by atoms with E-state index in [1.165, 1.54) is 0 Å². The van der Waals surface area contributed by atoms with Gasteiger partial charge < -0.3 is 4.74 Å². The molecule has 3 heteroatoms. The lowest BCUT2D eigenvalue weighted by Crippen LogP contribution is -2.27. The molecule has 16 heavy (non-hydrogen) atoms. The third-order valence-electron chi connectivity index (χ3n) is 2.69. The fourth-order valence-corrected chi connectivity index (χ4v) is 1.66. The SMILES string of the molecule is COCCN(C)C(C#N)c1ccccc1C. The number of nitrogens with zero attached hydrogens (tertiary/aromatic N) is 2. The Hall–Kier alpha value is -1.37. The number of rotatable bonds is 5. The van der Waals surface area contributed by atoms with Crippen LogP contribution in [0.4, 0.5) is 0 Å². The van der Waals surface area contributed by atoms with Crippen LogP contribution >= 0.6 is 0 Å². The maximum atomic E-state index is 9.24. The maximum Gasteiger partial charge on any atom is 0.123 e. The molecule has 1 unspecified atom stereocenters. The summed E-state index contributed by atoms with van der Waals surface area (Å²) in [6, 6.07) is 10.1. The lowest BCUT2D eigenvalue weighted by Gasteiger charge is -2.23. The van der Waals surface area contributed by atoms with Gasteiger partial charge in [-0.1, -0.05) is 24.3 Å². The van der Waals surface area contributed by atoms with Gasteiger partial charge in [-0.25, -0.2) is 0 Å². The van der Waals surface area contributed by atoms with E-state index in [0.29, 0.717) is 6.61 Å². The Morgan fingerprint density at radius 2 is 2.12 bits per heavy atom. The first-order chi connectivity index (χ1) is 7.70. The Bertz CT molecular complexity index is 370. The van der Waals surface area contributed by atoms with E-state index in [9.17, 15) is 5.26 Å². The number of aryl methyl sites for hydroxylation is 1. The Kier molecular flexibility index (Phi) is 4.97. The molecule has 0 amide bonds. The largest absolute Gasteiger partial charge is 0.383 e. The van der Waals surface area contributed by atoms with Gasteiger partial charge in [0.1, 0.15) is 6.04 Å². The van der Waals surface area contributed by atoms with E-state index in [1.54, 1.807) is 7.11 Å². The van der Waals surface area contributed by atoms with Crippen LogP contribution in [0.25, 0.3) is 0 Å². The Balaban J connectivity index is 2.83. The van der Waals surface area contributed by atoms with Crippen LogP contribution in [0.3, 0.4) is 0 Å². The van der Waals surface area contributed by atoms with Crippen molar-refractivity contribution < 1.29 is 4.74 Å². The molecule has 1 aromatic rings. The van der Waals surface area contributed by atoms with Gasteiger partial charge >= 0.3 is 0 Å². The van der Waals surface area contributed by atoms with E-state index in [4.69, 9.17) is 4.74 Å². The normalized spacial score (nSPS) is 12.4. The molecule has 3 nitrogen and oxygen atoms in total. The topological polar surface area (TPSA) is 36.3 Å². The fraction of sp³-hybridized carbons (Fsp3) is 0.462. The lowest BCUT2D eigenvalue weighted by atomic mass is 10.0. The number of likely N-dealkylation sites (N-methyl/N-ethyl adjacent to an activating group) is 1. The minimum absolute atomic E-state index is 0.198. The first-order valence-corrected chi connectivity index (χ1v) is 5.35. The second kappa shape index (κ2) is 6.26. The van der Waals surface area contributed by atoms with Crippen LogP contribution in [0.1, 0.15) is 17.2 Å². The van der Waals surface area contributed by atoms with Crippen molar-refractivity contribution in [3.8, 4) is 6.07 Å². The summed E-state index contributed by atoms with van der Waals surface area (Å²) in [5, 5.41) is 9.24. The zero-order valence-corrected chi connectivity index (χ0v) is 10.1. The Morgan fingerprint density at radius 1 is 1.44 bits per heavy atom. The van der Waals surface area contributed by atoms with Crippen LogP contribution in [0, 0.1) is 18.3 Å². The maximum absolute atomic E-state index is 9.24. The van der Waals surface area contributed by atoms with Crippen molar-refractivity contribution in [2.45, 2.75) is 13.0 Å². The standard InChI is InChI=1S/C13H18N2O/c1-11-6-4-5-7-12(11)13(10-14)15(2)8-9-16-3/h4-7,13H,8-9H2,1-3H3. The molecule has 1 rings (SSSR count). The van der Waals surface area contributed by atoms with Gasteiger partial charge in [-0.15, -0.1) is 0 Å². The van der Waals surface area contributed by atoms with Gasteiger partial charge in [0.2, 0.25) is 0 Å². The third-order valence-corrected chi connectivity index (χ3v) is 2.69. The number of hydrogen-bond donors (Lipinski definition) is 0. The number of nitriles is 1. The molecule has 0 fully saturated rings. The molecule has 0 radical (unpaired) electrons. The van der Waals surface area contributed by atoms with Crippen molar-refractivity contribution in [3.63, 3.8) is 0 Å². The predicted molar refractivity (Wildman–Crippen MR) is 64.0 cm³/mol. The minimum atomic E-state index is -0.198. The molecule has 0 N–H and O–H groups in total. The average molecular weight is 218 g/mol. The second-order valence-corrected chi connectivity index (χ2v) is 3.86. The molecule has 86 valence electrons. The van der Waals surface area contributed by atoms with Crippen LogP contribution in [0.5, 0.6) is 0 Å². The molecule has 0 spiro atoms. The van der Waals surface area contributed by atoms with Crippen LogP contribution in [-0.2, 0) is 4.74 Å². The summed E-state index contributed by atoms with van der Waals surface area (Å²) >= 11 is 0. The number of hydrogen-bond acceptors (Lipinski definition) is 3. The summed E-state index contributed by atoms with van der Waals surface area (Å²) in [5.41, 5.74) is 2.22. The van der Waals surface area contributed by atoms with Gasteiger partial charge in [0.25, 0.3) is 0 Å².